The molecule has 0 bridgehead atoms. The second-order valence-corrected chi connectivity index (χ2v) is 9.49. The van der Waals surface area contributed by atoms with E-state index in [1.165, 1.54) is 42.0 Å². The van der Waals surface area contributed by atoms with Crippen molar-refractivity contribution in [1.82, 2.24) is 19.0 Å². The van der Waals surface area contributed by atoms with E-state index < -0.39 is 0 Å². The molecule has 34 heavy (non-hydrogen) atoms. The van der Waals surface area contributed by atoms with Crippen LogP contribution in [0, 0.1) is 0 Å². The van der Waals surface area contributed by atoms with E-state index in [0.29, 0.717) is 18.2 Å². The van der Waals surface area contributed by atoms with Crippen molar-refractivity contribution in [3.05, 3.63) is 88.0 Å². The number of nitrogens with zero attached hydrogens (tertiary/aromatic N) is 4. The van der Waals surface area contributed by atoms with Crippen LogP contribution < -0.4 is 10.3 Å². The average Bonchev–Trinajstić information content (AvgIpc) is 2.95. The van der Waals surface area contributed by atoms with Gasteiger partial charge in [-0.25, -0.2) is 4.98 Å². The van der Waals surface area contributed by atoms with Crippen LogP contribution in [0.5, 0.6) is 5.75 Å². The minimum atomic E-state index is -0.149. The van der Waals surface area contributed by atoms with Crippen molar-refractivity contribution in [3.63, 3.8) is 0 Å². The second kappa shape index (κ2) is 8.76. The fourth-order valence-corrected chi connectivity index (χ4v) is 5.36. The predicted octanol–water partition coefficient (Wildman–Crippen LogP) is 4.26. The van der Waals surface area contributed by atoms with Gasteiger partial charge in [0.1, 0.15) is 23.8 Å². The van der Waals surface area contributed by atoms with E-state index in [-0.39, 0.29) is 5.56 Å². The molecule has 174 valence electrons. The van der Waals surface area contributed by atoms with E-state index in [4.69, 9.17) is 9.72 Å². The molecule has 4 aromatic rings. The van der Waals surface area contributed by atoms with Gasteiger partial charge in [-0.1, -0.05) is 36.8 Å². The van der Waals surface area contributed by atoms with Gasteiger partial charge < -0.3 is 9.30 Å². The summed E-state index contributed by atoms with van der Waals surface area (Å²) in [5.41, 5.74) is 4.69. The van der Waals surface area contributed by atoms with Gasteiger partial charge in [0.05, 0.1) is 0 Å². The lowest BCUT2D eigenvalue weighted by Crippen LogP contribution is -2.41. The van der Waals surface area contributed by atoms with Crippen LogP contribution in [0.15, 0.2) is 65.6 Å². The summed E-state index contributed by atoms with van der Waals surface area (Å²) in [7, 11) is 2.11. The molecule has 6 rings (SSSR count). The average molecular weight is 455 g/mol. The van der Waals surface area contributed by atoms with Crippen molar-refractivity contribution in [2.24, 2.45) is 7.05 Å². The summed E-state index contributed by atoms with van der Waals surface area (Å²) in [5, 5.41) is 1.22. The van der Waals surface area contributed by atoms with Crippen molar-refractivity contribution in [2.75, 3.05) is 13.1 Å². The summed E-state index contributed by atoms with van der Waals surface area (Å²) in [5.74, 6) is 1.20. The maximum Gasteiger partial charge on any atom is 0.259 e. The zero-order chi connectivity index (χ0) is 23.1. The molecule has 0 spiro atoms. The van der Waals surface area contributed by atoms with E-state index >= 15 is 0 Å². The van der Waals surface area contributed by atoms with E-state index in [1.54, 1.807) is 10.8 Å². The van der Waals surface area contributed by atoms with E-state index in [2.05, 4.69) is 22.6 Å². The van der Waals surface area contributed by atoms with Gasteiger partial charge in [-0.05, 0) is 48.6 Å². The SMILES string of the molecule is Cn1c2c(c3ccc(-n4ccc(OCc5ccccc5)cc4=O)nc31)CCN(C1CCC1)CC2. The van der Waals surface area contributed by atoms with Crippen molar-refractivity contribution in [3.8, 4) is 11.6 Å². The second-order valence-electron chi connectivity index (χ2n) is 9.49. The molecule has 0 N–H and O–H groups in total. The molecule has 4 heterocycles. The molecule has 0 amide bonds. The van der Waals surface area contributed by atoms with Gasteiger partial charge in [0.25, 0.3) is 5.56 Å². The summed E-state index contributed by atoms with van der Waals surface area (Å²) in [4.78, 5) is 20.5. The van der Waals surface area contributed by atoms with E-state index in [1.807, 2.05) is 42.5 Å². The highest BCUT2D eigenvalue weighted by Gasteiger charge is 2.28. The first-order valence-electron chi connectivity index (χ1n) is 12.3. The molecule has 1 aliphatic carbocycles. The lowest BCUT2D eigenvalue weighted by molar-refractivity contribution is 0.133. The third-order valence-corrected chi connectivity index (χ3v) is 7.52. The first-order valence-corrected chi connectivity index (χ1v) is 12.3. The topological polar surface area (TPSA) is 52.3 Å². The molecular weight excluding hydrogens is 424 g/mol. The van der Waals surface area contributed by atoms with Crippen LogP contribution in [0.4, 0.5) is 0 Å². The number of benzene rings is 1. The number of aromatic nitrogens is 3. The van der Waals surface area contributed by atoms with Crippen molar-refractivity contribution in [2.45, 2.75) is 44.8 Å². The maximum atomic E-state index is 12.9. The molecule has 3 aromatic heterocycles. The number of hydrogen-bond donors (Lipinski definition) is 0. The van der Waals surface area contributed by atoms with Crippen LogP contribution in [0.2, 0.25) is 0 Å². The van der Waals surface area contributed by atoms with Crippen LogP contribution in [-0.2, 0) is 26.5 Å². The maximum absolute atomic E-state index is 12.9. The van der Waals surface area contributed by atoms with Crippen molar-refractivity contribution < 1.29 is 4.74 Å². The monoisotopic (exact) mass is 454 g/mol. The molecule has 0 radical (unpaired) electrons. The fourth-order valence-electron chi connectivity index (χ4n) is 5.36. The first-order chi connectivity index (χ1) is 16.7. The zero-order valence-corrected chi connectivity index (χ0v) is 19.6. The minimum Gasteiger partial charge on any atom is -0.489 e. The Morgan fingerprint density at radius 3 is 2.62 bits per heavy atom. The molecule has 6 nitrogen and oxygen atoms in total. The Labute approximate surface area is 199 Å². The van der Waals surface area contributed by atoms with Crippen LogP contribution in [0.3, 0.4) is 0 Å². The zero-order valence-electron chi connectivity index (χ0n) is 19.6. The number of hydrogen-bond acceptors (Lipinski definition) is 4. The van der Waals surface area contributed by atoms with E-state index in [9.17, 15) is 4.79 Å². The van der Waals surface area contributed by atoms with Crippen molar-refractivity contribution >= 4 is 11.0 Å². The normalized spacial score (nSPS) is 16.7. The number of aryl methyl sites for hydroxylation is 1. The Balaban J connectivity index is 1.25. The van der Waals surface area contributed by atoms with Crippen LogP contribution >= 0.6 is 0 Å². The third-order valence-electron chi connectivity index (χ3n) is 7.52. The molecule has 1 aromatic carbocycles. The number of pyridine rings is 2. The highest BCUT2D eigenvalue weighted by atomic mass is 16.5. The first kappa shape index (κ1) is 21.2. The third kappa shape index (κ3) is 3.82. The van der Waals surface area contributed by atoms with Gasteiger partial charge in [-0.3, -0.25) is 14.3 Å². The van der Waals surface area contributed by atoms with Crippen LogP contribution in [0.25, 0.3) is 16.9 Å². The summed E-state index contributed by atoms with van der Waals surface area (Å²) in [6.45, 7) is 2.68. The van der Waals surface area contributed by atoms with E-state index in [0.717, 1.165) is 43.2 Å². The largest absolute Gasteiger partial charge is 0.489 e. The minimum absolute atomic E-state index is 0.149. The number of fused-ring (bicyclic) bond motifs is 3. The van der Waals surface area contributed by atoms with Gasteiger partial charge in [0.15, 0.2) is 0 Å². The highest BCUT2D eigenvalue weighted by Crippen LogP contribution is 2.31. The Morgan fingerprint density at radius 2 is 1.85 bits per heavy atom. The quantitative estimate of drug-likeness (QED) is 0.452. The highest BCUT2D eigenvalue weighted by molar-refractivity contribution is 5.83. The van der Waals surface area contributed by atoms with Crippen LogP contribution in [-0.4, -0.2) is 38.1 Å². The summed E-state index contributed by atoms with van der Waals surface area (Å²) in [6.07, 6.45) is 7.96. The molecule has 0 unspecified atom stereocenters. The fraction of sp³-hybridized carbons (Fsp3) is 0.357. The van der Waals surface area contributed by atoms with Gasteiger partial charge in [0.2, 0.25) is 0 Å². The molecule has 2 aliphatic rings. The Kier molecular flexibility index (Phi) is 5.46. The van der Waals surface area contributed by atoms with Gasteiger partial charge >= 0.3 is 0 Å². The smallest absolute Gasteiger partial charge is 0.259 e. The standard InChI is InChI=1S/C28H30N4O2/c1-30-25-14-16-31(21-8-5-9-21)15-13-23(25)24-10-11-26(29-28(24)30)32-17-12-22(18-27(32)33)34-19-20-6-3-2-4-7-20/h2-4,6-7,10-12,17-18,21H,5,8-9,13-16,19H2,1H3. The lowest BCUT2D eigenvalue weighted by atomic mass is 9.91. The predicted molar refractivity (Wildman–Crippen MR) is 134 cm³/mol. The molecule has 1 saturated carbocycles. The van der Waals surface area contributed by atoms with Gasteiger partial charge in [-0.15, -0.1) is 0 Å². The molecule has 1 aliphatic heterocycles. The van der Waals surface area contributed by atoms with Gasteiger partial charge in [-0.2, -0.15) is 0 Å². The molecular formula is C28H30N4O2. The summed E-state index contributed by atoms with van der Waals surface area (Å²) in [6, 6.07) is 18.2. The molecule has 0 atom stereocenters. The molecule has 0 saturated heterocycles. The Hall–Kier alpha value is -3.38. The Morgan fingerprint density at radius 1 is 1.03 bits per heavy atom. The van der Waals surface area contributed by atoms with Crippen LogP contribution in [0.1, 0.15) is 36.1 Å². The summed E-state index contributed by atoms with van der Waals surface area (Å²) < 4.78 is 9.64. The molecule has 6 heteroatoms. The van der Waals surface area contributed by atoms with Gasteiger partial charge in [0, 0.05) is 55.9 Å². The Bertz CT molecular complexity index is 1390. The summed E-state index contributed by atoms with van der Waals surface area (Å²) >= 11 is 0. The molecule has 1 fully saturated rings. The number of rotatable bonds is 5. The lowest BCUT2D eigenvalue weighted by Gasteiger charge is -2.36. The number of ether oxygens (including phenoxy) is 1. The van der Waals surface area contributed by atoms with Crippen molar-refractivity contribution in [1.29, 1.82) is 0 Å².